The van der Waals surface area contributed by atoms with Crippen molar-refractivity contribution in [3.05, 3.63) is 78.9 Å². The Balaban J connectivity index is 1.88. The Morgan fingerprint density at radius 2 is 1.52 bits per heavy atom. The highest BCUT2D eigenvalue weighted by Gasteiger charge is 2.41. The summed E-state index contributed by atoms with van der Waals surface area (Å²) >= 11 is 0. The minimum absolute atomic E-state index is 0.127. The largest absolute Gasteiger partial charge is 0.436 e. The number of fused-ring (bicyclic) bond motifs is 4. The molecular weight excluding hydrogens is 411 g/mol. The maximum absolute atomic E-state index is 14.7. The molecule has 0 fully saturated rings. The van der Waals surface area contributed by atoms with Crippen LogP contribution in [-0.2, 0) is 4.57 Å². The van der Waals surface area contributed by atoms with Crippen molar-refractivity contribution in [2.45, 2.75) is 0 Å². The molecule has 148 valence electrons. The molecule has 0 bridgehead atoms. The van der Waals surface area contributed by atoms with Gasteiger partial charge in [0, 0.05) is 10.9 Å². The van der Waals surface area contributed by atoms with Gasteiger partial charge in [0.05, 0.1) is 5.30 Å². The summed E-state index contributed by atoms with van der Waals surface area (Å²) in [5, 5.41) is 20.1. The van der Waals surface area contributed by atoms with Crippen molar-refractivity contribution in [3.8, 4) is 40.9 Å². The quantitative estimate of drug-likeness (QED) is 0.345. The summed E-state index contributed by atoms with van der Waals surface area (Å²) in [4.78, 5) is 0. The molecule has 6 nitrogen and oxygen atoms in total. The van der Waals surface area contributed by atoms with Gasteiger partial charge in [-0.1, -0.05) is 48.5 Å². The van der Waals surface area contributed by atoms with Crippen LogP contribution in [0.4, 0.5) is 0 Å². The highest BCUT2D eigenvalue weighted by molar-refractivity contribution is 7.75. The van der Waals surface area contributed by atoms with Gasteiger partial charge < -0.3 is 14.0 Å². The minimum atomic E-state index is -3.75. The third-order valence-electron chi connectivity index (χ3n) is 5.17. The van der Waals surface area contributed by atoms with E-state index in [0.29, 0.717) is 16.4 Å². The summed E-state index contributed by atoms with van der Waals surface area (Å²) < 4.78 is 31.1. The van der Waals surface area contributed by atoms with E-state index in [1.807, 2.05) is 30.3 Å². The monoisotopic (exact) mass is 424 g/mol. The molecule has 31 heavy (non-hydrogen) atoms. The van der Waals surface area contributed by atoms with Crippen LogP contribution in [0.2, 0.25) is 0 Å². The van der Waals surface area contributed by atoms with Crippen LogP contribution >= 0.6 is 7.37 Å². The molecule has 7 heteroatoms. The maximum atomic E-state index is 14.7. The minimum Gasteiger partial charge on any atom is -0.436 e. The molecule has 0 spiro atoms. The van der Waals surface area contributed by atoms with Crippen molar-refractivity contribution in [3.63, 3.8) is 0 Å². The van der Waals surface area contributed by atoms with Gasteiger partial charge in [-0.2, -0.15) is 0 Å². The molecule has 1 atom stereocenters. The lowest BCUT2D eigenvalue weighted by molar-refractivity contribution is 0.492. The first-order valence-corrected chi connectivity index (χ1v) is 11.0. The third kappa shape index (κ3) is 2.90. The molecule has 0 radical (unpaired) electrons. The second-order valence-electron chi connectivity index (χ2n) is 6.84. The van der Waals surface area contributed by atoms with Crippen molar-refractivity contribution in [2.24, 2.45) is 0 Å². The van der Waals surface area contributed by atoms with Gasteiger partial charge in [0.15, 0.2) is 5.75 Å². The van der Waals surface area contributed by atoms with Crippen LogP contribution in [0.3, 0.4) is 0 Å². The predicted molar refractivity (Wildman–Crippen MR) is 116 cm³/mol. The highest BCUT2D eigenvalue weighted by atomic mass is 31.2. The van der Waals surface area contributed by atoms with E-state index in [-0.39, 0.29) is 16.8 Å². The van der Waals surface area contributed by atoms with E-state index in [0.717, 1.165) is 16.5 Å². The van der Waals surface area contributed by atoms with Gasteiger partial charge in [0.1, 0.15) is 16.8 Å². The molecule has 0 saturated carbocycles. The fraction of sp³-hybridized carbons (Fsp3) is 0. The zero-order valence-electron chi connectivity index (χ0n) is 16.0. The number of nitriles is 2. The number of para-hydroxylation sites is 1. The van der Waals surface area contributed by atoms with Crippen LogP contribution in [-0.4, -0.2) is 0 Å². The van der Waals surface area contributed by atoms with Gasteiger partial charge in [-0.15, -0.1) is 10.5 Å². The Labute approximate surface area is 177 Å². The van der Waals surface area contributed by atoms with Crippen molar-refractivity contribution in [2.75, 3.05) is 0 Å². The fourth-order valence-corrected chi connectivity index (χ4v) is 6.48. The molecular formula is C24H13N2O4P. The first kappa shape index (κ1) is 18.8. The number of nitrogens with zero attached hydrogens (tertiary/aromatic N) is 2. The number of ether oxygens (including phenoxy) is 2. The Kier molecular flexibility index (Phi) is 4.37. The lowest BCUT2D eigenvalue weighted by Gasteiger charge is -2.30. The number of hydrogen-bond acceptors (Lipinski definition) is 6. The Morgan fingerprint density at radius 3 is 2.32 bits per heavy atom. The zero-order valence-corrected chi connectivity index (χ0v) is 16.9. The average molecular weight is 424 g/mol. The van der Waals surface area contributed by atoms with Gasteiger partial charge in [-0.05, 0) is 41.3 Å². The summed E-state index contributed by atoms with van der Waals surface area (Å²) in [6.07, 6.45) is 3.31. The summed E-state index contributed by atoms with van der Waals surface area (Å²) in [5.41, 5.74) is 1.62. The second kappa shape index (κ2) is 7.22. The first-order chi connectivity index (χ1) is 15.2. The molecule has 1 heterocycles. The topological polar surface area (TPSA) is 92.3 Å². The molecule has 4 aromatic carbocycles. The predicted octanol–water partition coefficient (Wildman–Crippen LogP) is 4.85. The maximum Gasteiger partial charge on any atom is 0.311 e. The molecule has 0 aliphatic carbocycles. The van der Waals surface area contributed by atoms with Crippen LogP contribution in [0, 0.1) is 23.0 Å². The fourth-order valence-electron chi connectivity index (χ4n) is 3.89. The lowest BCUT2D eigenvalue weighted by atomic mass is 10.0. The molecule has 0 saturated heterocycles. The first-order valence-electron chi connectivity index (χ1n) is 9.33. The van der Waals surface area contributed by atoms with Gasteiger partial charge in [-0.3, -0.25) is 4.57 Å². The summed E-state index contributed by atoms with van der Waals surface area (Å²) in [7, 11) is -3.75. The summed E-state index contributed by atoms with van der Waals surface area (Å²) in [6.45, 7) is 0. The van der Waals surface area contributed by atoms with E-state index in [2.05, 4.69) is 0 Å². The molecule has 0 aromatic heterocycles. The average Bonchev–Trinajstić information content (AvgIpc) is 2.79. The third-order valence-corrected chi connectivity index (χ3v) is 7.69. The highest BCUT2D eigenvalue weighted by Crippen LogP contribution is 2.56. The molecule has 1 aliphatic rings. The van der Waals surface area contributed by atoms with Crippen molar-refractivity contribution in [1.29, 1.82) is 10.5 Å². The molecule has 5 rings (SSSR count). The molecule has 0 amide bonds. The second-order valence-corrected chi connectivity index (χ2v) is 9.05. The number of rotatable bonds is 3. The van der Waals surface area contributed by atoms with Crippen molar-refractivity contribution < 1.29 is 18.6 Å². The van der Waals surface area contributed by atoms with Gasteiger partial charge in [0.2, 0.25) is 0 Å². The normalized spacial score (nSPS) is 16.2. The van der Waals surface area contributed by atoms with Crippen LogP contribution in [0.5, 0.6) is 17.2 Å². The molecule has 0 N–H and O–H groups in total. The Hall–Kier alpha value is -4.25. The van der Waals surface area contributed by atoms with Crippen LogP contribution in [0.1, 0.15) is 0 Å². The van der Waals surface area contributed by atoms with Crippen LogP contribution in [0.25, 0.3) is 21.9 Å². The molecule has 1 unspecified atom stereocenters. The van der Waals surface area contributed by atoms with Crippen molar-refractivity contribution in [1.82, 2.24) is 0 Å². The van der Waals surface area contributed by atoms with E-state index >= 15 is 0 Å². The smallest absolute Gasteiger partial charge is 0.311 e. The molecule has 1 aliphatic heterocycles. The van der Waals surface area contributed by atoms with Gasteiger partial charge in [-0.25, -0.2) is 0 Å². The van der Waals surface area contributed by atoms with Crippen LogP contribution in [0.15, 0.2) is 78.9 Å². The number of hydrogen-bond donors (Lipinski definition) is 0. The zero-order chi connectivity index (χ0) is 21.4. The van der Waals surface area contributed by atoms with Crippen LogP contribution < -0.4 is 24.6 Å². The van der Waals surface area contributed by atoms with E-state index in [4.69, 9.17) is 19.3 Å². The summed E-state index contributed by atoms with van der Waals surface area (Å²) in [5.74, 6) is 0.887. The summed E-state index contributed by atoms with van der Waals surface area (Å²) in [6, 6.07) is 23.0. The Bertz CT molecular complexity index is 1480. The number of benzene rings is 4. The van der Waals surface area contributed by atoms with E-state index in [1.54, 1.807) is 61.0 Å². The Morgan fingerprint density at radius 1 is 0.806 bits per heavy atom. The SMILES string of the molecule is N#COc1ccc2ccc(OC#N)c(P3(=O)Oc4ccccc4-c4ccccc43)c2c1. The van der Waals surface area contributed by atoms with E-state index in [9.17, 15) is 9.83 Å². The van der Waals surface area contributed by atoms with E-state index in [1.165, 1.54) is 0 Å². The lowest BCUT2D eigenvalue weighted by Crippen LogP contribution is -2.26. The van der Waals surface area contributed by atoms with Gasteiger partial charge in [0.25, 0.3) is 12.5 Å². The van der Waals surface area contributed by atoms with E-state index < -0.39 is 7.37 Å². The standard InChI is InChI=1S/C24H13N2O4P/c25-14-28-17-11-9-16-10-12-22(29-15-26)24(20(16)13-17)31(27)23-8-4-2-6-19(23)18-5-1-3-7-21(18)30-31/h1-13H. The van der Waals surface area contributed by atoms with Gasteiger partial charge >= 0.3 is 7.37 Å². The van der Waals surface area contributed by atoms with Crippen molar-refractivity contribution >= 4 is 28.8 Å². The molecule has 4 aromatic rings.